The number of benzene rings is 1. The normalized spacial score (nSPS) is 22.0. The van der Waals surface area contributed by atoms with E-state index in [-0.39, 0.29) is 30.0 Å². The van der Waals surface area contributed by atoms with Crippen molar-refractivity contribution < 1.29 is 14.1 Å². The van der Waals surface area contributed by atoms with E-state index >= 15 is 0 Å². The second kappa shape index (κ2) is 6.62. The molecule has 7 heteroatoms. The summed E-state index contributed by atoms with van der Waals surface area (Å²) in [5.41, 5.74) is 5.04. The predicted molar refractivity (Wildman–Crippen MR) is 74.8 cm³/mol. The number of primary amides is 1. The molecule has 1 aromatic rings. The average molecular weight is 295 g/mol. The molecule has 0 spiro atoms. The number of halogens is 1. The molecular formula is C14H18FN3O3. The SMILES string of the molecule is NC(=O)C1CCC(NCc2cccc([N+](=O)[O-])c2F)CC1. The number of nitrogens with one attached hydrogen (secondary N) is 1. The molecule has 0 radical (unpaired) electrons. The van der Waals surface area contributed by atoms with E-state index in [1.54, 1.807) is 0 Å². The minimum absolute atomic E-state index is 0.0717. The van der Waals surface area contributed by atoms with E-state index in [1.165, 1.54) is 12.1 Å². The van der Waals surface area contributed by atoms with Crippen LogP contribution in [0.2, 0.25) is 0 Å². The Balaban J connectivity index is 1.91. The molecule has 2 rings (SSSR count). The van der Waals surface area contributed by atoms with Crippen LogP contribution < -0.4 is 11.1 Å². The molecule has 1 aliphatic rings. The lowest BCUT2D eigenvalue weighted by molar-refractivity contribution is -0.387. The van der Waals surface area contributed by atoms with Crippen molar-refractivity contribution >= 4 is 11.6 Å². The molecule has 6 nitrogen and oxygen atoms in total. The minimum Gasteiger partial charge on any atom is -0.369 e. The Morgan fingerprint density at radius 1 is 1.38 bits per heavy atom. The standard InChI is InChI=1S/C14H18FN3O3/c15-13-10(2-1-3-12(13)18(20)21)8-17-11-6-4-9(5-7-11)14(16)19/h1-3,9,11,17H,4-8H2,(H2,16,19). The highest BCUT2D eigenvalue weighted by molar-refractivity contribution is 5.76. The van der Waals surface area contributed by atoms with E-state index in [1.807, 2.05) is 0 Å². The molecule has 1 amide bonds. The summed E-state index contributed by atoms with van der Waals surface area (Å²) in [7, 11) is 0. The van der Waals surface area contributed by atoms with E-state index in [0.29, 0.717) is 0 Å². The van der Waals surface area contributed by atoms with Crippen LogP contribution in [0.1, 0.15) is 31.2 Å². The maximum absolute atomic E-state index is 13.9. The number of hydrogen-bond acceptors (Lipinski definition) is 4. The fourth-order valence-corrected chi connectivity index (χ4v) is 2.68. The van der Waals surface area contributed by atoms with E-state index in [9.17, 15) is 19.3 Å². The Labute approximate surface area is 121 Å². The first kappa shape index (κ1) is 15.4. The fraction of sp³-hybridized carbons (Fsp3) is 0.500. The van der Waals surface area contributed by atoms with E-state index < -0.39 is 16.4 Å². The van der Waals surface area contributed by atoms with Gasteiger partial charge in [-0.3, -0.25) is 14.9 Å². The van der Waals surface area contributed by atoms with Crippen LogP contribution in [0.4, 0.5) is 10.1 Å². The maximum atomic E-state index is 13.9. The topological polar surface area (TPSA) is 98.3 Å². The van der Waals surface area contributed by atoms with Crippen molar-refractivity contribution in [2.24, 2.45) is 11.7 Å². The first-order valence-electron chi connectivity index (χ1n) is 6.93. The maximum Gasteiger partial charge on any atom is 0.305 e. The molecule has 21 heavy (non-hydrogen) atoms. The van der Waals surface area contributed by atoms with Crippen molar-refractivity contribution in [2.75, 3.05) is 0 Å². The van der Waals surface area contributed by atoms with Gasteiger partial charge in [-0.2, -0.15) is 4.39 Å². The molecule has 114 valence electrons. The molecule has 1 saturated carbocycles. The molecule has 0 saturated heterocycles. The number of amides is 1. The van der Waals surface area contributed by atoms with Gasteiger partial charge in [-0.05, 0) is 25.7 Å². The Kier molecular flexibility index (Phi) is 4.85. The van der Waals surface area contributed by atoms with Gasteiger partial charge in [0.15, 0.2) is 0 Å². The van der Waals surface area contributed by atoms with Gasteiger partial charge >= 0.3 is 5.69 Å². The second-order valence-electron chi connectivity index (χ2n) is 5.34. The van der Waals surface area contributed by atoms with Crippen LogP contribution in [0.5, 0.6) is 0 Å². The first-order valence-corrected chi connectivity index (χ1v) is 6.93. The summed E-state index contributed by atoms with van der Waals surface area (Å²) in [6.45, 7) is 0.236. The zero-order valence-corrected chi connectivity index (χ0v) is 11.5. The third-order valence-electron chi connectivity index (χ3n) is 3.97. The summed E-state index contributed by atoms with van der Waals surface area (Å²) in [6.07, 6.45) is 3.04. The molecule has 0 aliphatic heterocycles. The summed E-state index contributed by atoms with van der Waals surface area (Å²) in [6, 6.07) is 4.34. The quantitative estimate of drug-likeness (QED) is 0.640. The van der Waals surface area contributed by atoms with Crippen LogP contribution >= 0.6 is 0 Å². The van der Waals surface area contributed by atoms with Crippen molar-refractivity contribution in [3.63, 3.8) is 0 Å². The van der Waals surface area contributed by atoms with Gasteiger partial charge in [-0.1, -0.05) is 12.1 Å². The minimum atomic E-state index is -0.791. The lowest BCUT2D eigenvalue weighted by Gasteiger charge is -2.27. The van der Waals surface area contributed by atoms with E-state index in [0.717, 1.165) is 31.7 Å². The molecule has 1 aliphatic carbocycles. The summed E-state index contributed by atoms with van der Waals surface area (Å²) in [5, 5.41) is 13.9. The van der Waals surface area contributed by atoms with Crippen LogP contribution in [0, 0.1) is 21.8 Å². The highest BCUT2D eigenvalue weighted by Crippen LogP contribution is 2.25. The molecule has 0 aromatic heterocycles. The highest BCUT2D eigenvalue weighted by atomic mass is 19.1. The number of carbonyl (C=O) groups excluding carboxylic acids is 1. The summed E-state index contributed by atoms with van der Waals surface area (Å²) >= 11 is 0. The summed E-state index contributed by atoms with van der Waals surface area (Å²) < 4.78 is 13.9. The Morgan fingerprint density at radius 3 is 2.62 bits per heavy atom. The van der Waals surface area contributed by atoms with E-state index in [2.05, 4.69) is 5.32 Å². The Hall–Kier alpha value is -2.02. The first-order chi connectivity index (χ1) is 9.99. The number of nitro benzene ring substituents is 1. The molecule has 0 bridgehead atoms. The van der Waals surface area contributed by atoms with E-state index in [4.69, 9.17) is 5.73 Å². The number of rotatable bonds is 5. The number of carbonyl (C=O) groups is 1. The summed E-state index contributed by atoms with van der Waals surface area (Å²) in [4.78, 5) is 21.0. The van der Waals surface area contributed by atoms with Gasteiger partial charge in [0.1, 0.15) is 0 Å². The molecule has 3 N–H and O–H groups in total. The second-order valence-corrected chi connectivity index (χ2v) is 5.34. The van der Waals surface area contributed by atoms with Crippen LogP contribution in [0.3, 0.4) is 0 Å². The van der Waals surface area contributed by atoms with Gasteiger partial charge < -0.3 is 11.1 Å². The monoisotopic (exact) mass is 295 g/mol. The Morgan fingerprint density at radius 2 is 2.05 bits per heavy atom. The Bertz CT molecular complexity index is 542. The number of hydrogen-bond donors (Lipinski definition) is 2. The highest BCUT2D eigenvalue weighted by Gasteiger charge is 2.25. The third kappa shape index (κ3) is 3.75. The zero-order valence-electron chi connectivity index (χ0n) is 11.5. The molecule has 1 aromatic carbocycles. The molecule has 0 unspecified atom stereocenters. The number of nitro groups is 1. The van der Waals surface area contributed by atoms with Crippen LogP contribution in [-0.4, -0.2) is 16.9 Å². The van der Waals surface area contributed by atoms with Gasteiger partial charge in [-0.15, -0.1) is 0 Å². The number of nitrogens with two attached hydrogens (primary N) is 1. The van der Waals surface area contributed by atoms with Crippen molar-refractivity contribution in [2.45, 2.75) is 38.3 Å². The van der Waals surface area contributed by atoms with Crippen molar-refractivity contribution in [3.05, 3.63) is 39.7 Å². The predicted octanol–water partition coefficient (Wildman–Crippen LogP) is 1.87. The smallest absolute Gasteiger partial charge is 0.305 e. The van der Waals surface area contributed by atoms with Gasteiger partial charge in [0.25, 0.3) is 0 Å². The van der Waals surface area contributed by atoms with Crippen LogP contribution in [0.15, 0.2) is 18.2 Å². The lowest BCUT2D eigenvalue weighted by atomic mass is 9.85. The summed E-state index contributed by atoms with van der Waals surface area (Å²) in [5.74, 6) is -1.13. The molecule has 1 fully saturated rings. The zero-order chi connectivity index (χ0) is 15.4. The van der Waals surface area contributed by atoms with Crippen molar-refractivity contribution in [1.82, 2.24) is 5.32 Å². The van der Waals surface area contributed by atoms with Gasteiger partial charge in [0, 0.05) is 30.1 Å². The van der Waals surface area contributed by atoms with Crippen molar-refractivity contribution in [3.8, 4) is 0 Å². The largest absolute Gasteiger partial charge is 0.369 e. The van der Waals surface area contributed by atoms with Crippen LogP contribution in [-0.2, 0) is 11.3 Å². The van der Waals surface area contributed by atoms with Gasteiger partial charge in [-0.25, -0.2) is 0 Å². The van der Waals surface area contributed by atoms with Gasteiger partial charge in [0.2, 0.25) is 11.7 Å². The third-order valence-corrected chi connectivity index (χ3v) is 3.97. The average Bonchev–Trinajstić information content (AvgIpc) is 2.46. The molecule has 0 atom stereocenters. The molecular weight excluding hydrogens is 277 g/mol. The van der Waals surface area contributed by atoms with Crippen LogP contribution in [0.25, 0.3) is 0 Å². The van der Waals surface area contributed by atoms with Gasteiger partial charge in [0.05, 0.1) is 4.92 Å². The fourth-order valence-electron chi connectivity index (χ4n) is 2.68. The molecule has 0 heterocycles. The lowest BCUT2D eigenvalue weighted by Crippen LogP contribution is -2.36. The number of nitrogens with zero attached hydrogens (tertiary/aromatic N) is 1. The van der Waals surface area contributed by atoms with Crippen molar-refractivity contribution in [1.29, 1.82) is 0 Å².